The largest absolute Gasteiger partial charge is 0.495 e. The first-order valence-corrected chi connectivity index (χ1v) is 5.69. The quantitative estimate of drug-likeness (QED) is 0.755. The van der Waals surface area contributed by atoms with E-state index < -0.39 is 0 Å². The highest BCUT2D eigenvalue weighted by atomic mass is 35.5. The Bertz CT molecular complexity index is 302. The Kier molecular flexibility index (Phi) is 5.51. The molecule has 2 nitrogen and oxygen atoms in total. The van der Waals surface area contributed by atoms with Crippen LogP contribution in [0.1, 0.15) is 18.9 Å². The Labute approximate surface area is 96.6 Å². The van der Waals surface area contributed by atoms with E-state index in [4.69, 9.17) is 16.3 Å². The summed E-state index contributed by atoms with van der Waals surface area (Å²) in [7, 11) is 1.64. The number of nitrogens with one attached hydrogen (secondary N) is 1. The van der Waals surface area contributed by atoms with Gasteiger partial charge in [-0.1, -0.05) is 24.6 Å². The van der Waals surface area contributed by atoms with Gasteiger partial charge in [0.05, 0.1) is 12.1 Å². The van der Waals surface area contributed by atoms with Crippen LogP contribution in [-0.4, -0.2) is 20.2 Å². The maximum Gasteiger partial charge on any atom is 0.137 e. The molecule has 3 heteroatoms. The molecule has 0 aliphatic heterocycles. The second kappa shape index (κ2) is 6.70. The molecule has 1 aromatic carbocycles. The van der Waals surface area contributed by atoms with Crippen molar-refractivity contribution in [2.45, 2.75) is 19.8 Å². The van der Waals surface area contributed by atoms with Crippen LogP contribution >= 0.6 is 11.6 Å². The van der Waals surface area contributed by atoms with Crippen LogP contribution < -0.4 is 10.1 Å². The SMILES string of the molecule is CCNCCCc1ccc(Cl)c(OC)c1. The minimum Gasteiger partial charge on any atom is -0.495 e. The van der Waals surface area contributed by atoms with E-state index in [1.54, 1.807) is 7.11 Å². The molecule has 0 unspecified atom stereocenters. The fourth-order valence-electron chi connectivity index (χ4n) is 1.45. The number of benzene rings is 1. The van der Waals surface area contributed by atoms with E-state index in [-0.39, 0.29) is 0 Å². The van der Waals surface area contributed by atoms with Crippen LogP contribution in [0.4, 0.5) is 0 Å². The molecule has 0 aliphatic rings. The number of hydrogen-bond acceptors (Lipinski definition) is 2. The number of methoxy groups -OCH3 is 1. The van der Waals surface area contributed by atoms with Crippen LogP contribution in [0.5, 0.6) is 5.75 Å². The van der Waals surface area contributed by atoms with Gasteiger partial charge in [-0.25, -0.2) is 0 Å². The fourth-order valence-corrected chi connectivity index (χ4v) is 1.65. The smallest absolute Gasteiger partial charge is 0.137 e. The third-order valence-corrected chi connectivity index (χ3v) is 2.60. The van der Waals surface area contributed by atoms with Crippen molar-refractivity contribution < 1.29 is 4.74 Å². The van der Waals surface area contributed by atoms with Crippen molar-refractivity contribution in [3.63, 3.8) is 0 Å². The predicted octanol–water partition coefficient (Wildman–Crippen LogP) is 2.89. The van der Waals surface area contributed by atoms with Gasteiger partial charge in [-0.05, 0) is 43.6 Å². The van der Waals surface area contributed by atoms with Crippen molar-refractivity contribution >= 4 is 11.6 Å². The Balaban J connectivity index is 2.47. The summed E-state index contributed by atoms with van der Waals surface area (Å²) in [6.07, 6.45) is 2.19. The van der Waals surface area contributed by atoms with Crippen molar-refractivity contribution in [2.24, 2.45) is 0 Å². The standard InChI is InChI=1S/C12H18ClNO/c1-3-14-8-4-5-10-6-7-11(13)12(9-10)15-2/h6-7,9,14H,3-5,8H2,1-2H3. The molecule has 0 aliphatic carbocycles. The van der Waals surface area contributed by atoms with E-state index in [1.807, 2.05) is 12.1 Å². The summed E-state index contributed by atoms with van der Waals surface area (Å²) in [6.45, 7) is 4.21. The zero-order valence-corrected chi connectivity index (χ0v) is 10.1. The Morgan fingerprint density at radius 2 is 2.20 bits per heavy atom. The molecule has 1 N–H and O–H groups in total. The second-order valence-corrected chi connectivity index (χ2v) is 3.83. The van der Waals surface area contributed by atoms with E-state index in [2.05, 4.69) is 18.3 Å². The summed E-state index contributed by atoms with van der Waals surface area (Å²) >= 11 is 5.94. The summed E-state index contributed by atoms with van der Waals surface area (Å²) in [6, 6.07) is 5.95. The summed E-state index contributed by atoms with van der Waals surface area (Å²) in [4.78, 5) is 0. The van der Waals surface area contributed by atoms with Gasteiger partial charge in [0, 0.05) is 0 Å². The van der Waals surface area contributed by atoms with Gasteiger partial charge in [-0.15, -0.1) is 0 Å². The van der Waals surface area contributed by atoms with Gasteiger partial charge in [0.15, 0.2) is 0 Å². The summed E-state index contributed by atoms with van der Waals surface area (Å²) in [5.41, 5.74) is 1.27. The molecule has 0 aromatic heterocycles. The number of halogens is 1. The third-order valence-electron chi connectivity index (χ3n) is 2.28. The molecule has 0 radical (unpaired) electrons. The highest BCUT2D eigenvalue weighted by Gasteiger charge is 2.01. The van der Waals surface area contributed by atoms with Gasteiger partial charge in [0.25, 0.3) is 0 Å². The van der Waals surface area contributed by atoms with Gasteiger partial charge in [0.1, 0.15) is 5.75 Å². The molecule has 84 valence electrons. The van der Waals surface area contributed by atoms with Gasteiger partial charge < -0.3 is 10.1 Å². The van der Waals surface area contributed by atoms with Crippen LogP contribution in [0.15, 0.2) is 18.2 Å². The maximum absolute atomic E-state index is 5.94. The van der Waals surface area contributed by atoms with Gasteiger partial charge >= 0.3 is 0 Å². The summed E-state index contributed by atoms with van der Waals surface area (Å²) in [5.74, 6) is 0.762. The van der Waals surface area contributed by atoms with Crippen LogP contribution in [0.25, 0.3) is 0 Å². The van der Waals surface area contributed by atoms with E-state index in [9.17, 15) is 0 Å². The highest BCUT2D eigenvalue weighted by molar-refractivity contribution is 6.32. The second-order valence-electron chi connectivity index (χ2n) is 3.43. The van der Waals surface area contributed by atoms with Gasteiger partial charge in [0.2, 0.25) is 0 Å². The first-order chi connectivity index (χ1) is 7.27. The lowest BCUT2D eigenvalue weighted by atomic mass is 10.1. The van der Waals surface area contributed by atoms with Gasteiger partial charge in [-0.3, -0.25) is 0 Å². The fraction of sp³-hybridized carbons (Fsp3) is 0.500. The summed E-state index contributed by atoms with van der Waals surface area (Å²) in [5, 5.41) is 3.98. The van der Waals surface area contributed by atoms with Crippen LogP contribution in [0.3, 0.4) is 0 Å². The average molecular weight is 228 g/mol. The number of aryl methyl sites for hydroxylation is 1. The Hall–Kier alpha value is -0.730. The van der Waals surface area contributed by atoms with Crippen molar-refractivity contribution in [1.82, 2.24) is 5.32 Å². The molecule has 1 aromatic rings. The van der Waals surface area contributed by atoms with Crippen molar-refractivity contribution in [3.8, 4) is 5.75 Å². The van der Waals surface area contributed by atoms with E-state index in [1.165, 1.54) is 5.56 Å². The van der Waals surface area contributed by atoms with Gasteiger partial charge in [-0.2, -0.15) is 0 Å². The van der Waals surface area contributed by atoms with E-state index >= 15 is 0 Å². The molecule has 0 saturated heterocycles. The summed E-state index contributed by atoms with van der Waals surface area (Å²) < 4.78 is 5.17. The highest BCUT2D eigenvalue weighted by Crippen LogP contribution is 2.25. The van der Waals surface area contributed by atoms with Crippen molar-refractivity contribution in [2.75, 3.05) is 20.2 Å². The molecule has 0 bridgehead atoms. The topological polar surface area (TPSA) is 21.3 Å². The Morgan fingerprint density at radius 3 is 2.87 bits per heavy atom. The molecule has 0 amide bonds. The first kappa shape index (κ1) is 12.3. The zero-order chi connectivity index (χ0) is 11.1. The third kappa shape index (κ3) is 4.10. The van der Waals surface area contributed by atoms with E-state index in [0.717, 1.165) is 31.7 Å². The monoisotopic (exact) mass is 227 g/mol. The first-order valence-electron chi connectivity index (χ1n) is 5.31. The predicted molar refractivity (Wildman–Crippen MR) is 64.9 cm³/mol. The maximum atomic E-state index is 5.94. The number of ether oxygens (including phenoxy) is 1. The van der Waals surface area contributed by atoms with Crippen LogP contribution in [-0.2, 0) is 6.42 Å². The van der Waals surface area contributed by atoms with Crippen molar-refractivity contribution in [1.29, 1.82) is 0 Å². The van der Waals surface area contributed by atoms with E-state index in [0.29, 0.717) is 5.02 Å². The molecular formula is C12H18ClNO. The van der Waals surface area contributed by atoms with Crippen molar-refractivity contribution in [3.05, 3.63) is 28.8 Å². The molecule has 0 atom stereocenters. The number of rotatable bonds is 6. The molecule has 1 rings (SSSR count). The lowest BCUT2D eigenvalue weighted by molar-refractivity contribution is 0.414. The Morgan fingerprint density at radius 1 is 1.40 bits per heavy atom. The zero-order valence-electron chi connectivity index (χ0n) is 9.35. The molecule has 0 saturated carbocycles. The van der Waals surface area contributed by atoms with Crippen LogP contribution in [0, 0.1) is 0 Å². The van der Waals surface area contributed by atoms with Crippen LogP contribution in [0.2, 0.25) is 5.02 Å². The molecular weight excluding hydrogens is 210 g/mol. The molecule has 0 spiro atoms. The minimum atomic E-state index is 0.674. The lowest BCUT2D eigenvalue weighted by Gasteiger charge is -2.06. The molecule has 0 heterocycles. The normalized spacial score (nSPS) is 10.3. The lowest BCUT2D eigenvalue weighted by Crippen LogP contribution is -2.14. The minimum absolute atomic E-state index is 0.674. The molecule has 0 fully saturated rings. The molecule has 15 heavy (non-hydrogen) atoms. The number of hydrogen-bond donors (Lipinski definition) is 1. The average Bonchev–Trinajstić information content (AvgIpc) is 2.26.